The zero-order valence-corrected chi connectivity index (χ0v) is 17.0. The van der Waals surface area contributed by atoms with Gasteiger partial charge in [0.15, 0.2) is 5.71 Å². The monoisotopic (exact) mass is 374 g/mol. The first kappa shape index (κ1) is 19.1. The van der Waals surface area contributed by atoms with Gasteiger partial charge in [-0.15, -0.1) is 0 Å². The van der Waals surface area contributed by atoms with Gasteiger partial charge in [0.25, 0.3) is 10.1 Å². The molecule has 0 saturated heterocycles. The zero-order chi connectivity index (χ0) is 19.3. The summed E-state index contributed by atoms with van der Waals surface area (Å²) in [6, 6.07) is 8.95. The summed E-state index contributed by atoms with van der Waals surface area (Å²) in [4.78, 5) is -0.0587. The molecule has 0 saturated carbocycles. The Kier molecular flexibility index (Phi) is 4.74. The maximum absolute atomic E-state index is 11.5. The minimum Gasteiger partial charge on any atom is -0.282 e. The second kappa shape index (κ2) is 6.46. The highest BCUT2D eigenvalue weighted by Gasteiger charge is 2.47. The standard InChI is InChI=1S/C21H27NO3S/c1-6-7-12-22-18-11-8-15-13-16(26(23,24)25)9-10-17(15)19(18)21(4,5)20(22)14(2)3/h8-11,13-14H,6-7,12H2,1-5H3/p+1. The number of benzene rings is 2. The van der Waals surface area contributed by atoms with E-state index in [1.165, 1.54) is 23.0 Å². The van der Waals surface area contributed by atoms with Crippen molar-refractivity contribution in [1.29, 1.82) is 0 Å². The topological polar surface area (TPSA) is 57.4 Å². The van der Waals surface area contributed by atoms with Gasteiger partial charge in [0, 0.05) is 24.0 Å². The predicted octanol–water partition coefficient (Wildman–Crippen LogP) is 4.92. The summed E-state index contributed by atoms with van der Waals surface area (Å²) in [5.74, 6) is 0.418. The van der Waals surface area contributed by atoms with Crippen LogP contribution in [0.1, 0.15) is 53.0 Å². The van der Waals surface area contributed by atoms with Crippen LogP contribution in [-0.2, 0) is 15.5 Å². The lowest BCUT2D eigenvalue weighted by Crippen LogP contribution is -2.34. The van der Waals surface area contributed by atoms with Gasteiger partial charge < -0.3 is 0 Å². The van der Waals surface area contributed by atoms with E-state index >= 15 is 0 Å². The molecule has 0 radical (unpaired) electrons. The first-order valence-electron chi connectivity index (χ1n) is 9.28. The lowest BCUT2D eigenvalue weighted by atomic mass is 9.76. The largest absolute Gasteiger partial charge is 0.294 e. The molecular weight excluding hydrogens is 346 g/mol. The van der Waals surface area contributed by atoms with Crippen molar-refractivity contribution >= 4 is 32.3 Å². The lowest BCUT2D eigenvalue weighted by molar-refractivity contribution is -0.441. The molecule has 4 nitrogen and oxygen atoms in total. The van der Waals surface area contributed by atoms with Crippen molar-refractivity contribution in [3.63, 3.8) is 0 Å². The average molecular weight is 375 g/mol. The highest BCUT2D eigenvalue weighted by Crippen LogP contribution is 2.45. The van der Waals surface area contributed by atoms with Crippen LogP contribution >= 0.6 is 0 Å². The van der Waals surface area contributed by atoms with Crippen molar-refractivity contribution in [3.8, 4) is 0 Å². The van der Waals surface area contributed by atoms with Crippen LogP contribution in [0.2, 0.25) is 0 Å². The van der Waals surface area contributed by atoms with E-state index in [0.29, 0.717) is 5.92 Å². The molecule has 1 aliphatic rings. The predicted molar refractivity (Wildman–Crippen MR) is 106 cm³/mol. The van der Waals surface area contributed by atoms with E-state index in [-0.39, 0.29) is 10.3 Å². The van der Waals surface area contributed by atoms with Gasteiger partial charge in [-0.05, 0) is 42.8 Å². The van der Waals surface area contributed by atoms with Crippen molar-refractivity contribution in [2.45, 2.75) is 57.8 Å². The zero-order valence-electron chi connectivity index (χ0n) is 16.2. The van der Waals surface area contributed by atoms with Gasteiger partial charge in [-0.3, -0.25) is 4.55 Å². The Labute approximate surface area is 156 Å². The third-order valence-corrected chi connectivity index (χ3v) is 6.25. The van der Waals surface area contributed by atoms with Crippen molar-refractivity contribution in [1.82, 2.24) is 0 Å². The van der Waals surface area contributed by atoms with Crippen molar-refractivity contribution in [3.05, 3.63) is 35.9 Å². The molecule has 2 aromatic carbocycles. The maximum Gasteiger partial charge on any atom is 0.294 e. The molecule has 26 heavy (non-hydrogen) atoms. The fraction of sp³-hybridized carbons (Fsp3) is 0.476. The Morgan fingerprint density at radius 3 is 2.42 bits per heavy atom. The number of unbranched alkanes of at least 4 members (excludes halogenated alkanes) is 1. The molecule has 1 N–H and O–H groups in total. The van der Waals surface area contributed by atoms with Crippen LogP contribution in [-0.4, -0.2) is 29.8 Å². The van der Waals surface area contributed by atoms with E-state index in [2.05, 4.69) is 45.3 Å². The van der Waals surface area contributed by atoms with Crippen LogP contribution in [0.15, 0.2) is 35.2 Å². The fourth-order valence-corrected chi connectivity index (χ4v) is 5.04. The molecule has 0 bridgehead atoms. The summed E-state index contributed by atoms with van der Waals surface area (Å²) in [6.07, 6.45) is 2.27. The van der Waals surface area contributed by atoms with Crippen LogP contribution < -0.4 is 0 Å². The summed E-state index contributed by atoms with van der Waals surface area (Å²) < 4.78 is 34.8. The molecule has 5 heteroatoms. The minimum atomic E-state index is -4.20. The van der Waals surface area contributed by atoms with E-state index in [0.717, 1.165) is 30.2 Å². The Hall–Kier alpha value is -1.72. The molecule has 0 atom stereocenters. The Bertz CT molecular complexity index is 1000. The molecule has 0 aliphatic carbocycles. The van der Waals surface area contributed by atoms with Gasteiger partial charge in [0.2, 0.25) is 5.69 Å². The summed E-state index contributed by atoms with van der Waals surface area (Å²) >= 11 is 0. The van der Waals surface area contributed by atoms with E-state index in [1.54, 1.807) is 6.07 Å². The van der Waals surface area contributed by atoms with Crippen LogP contribution in [0.4, 0.5) is 5.69 Å². The number of fused-ring (bicyclic) bond motifs is 3. The van der Waals surface area contributed by atoms with Gasteiger partial charge in [-0.1, -0.05) is 33.3 Å². The van der Waals surface area contributed by atoms with Crippen LogP contribution in [0, 0.1) is 5.92 Å². The summed E-state index contributed by atoms with van der Waals surface area (Å²) in [5.41, 5.74) is 3.75. The molecule has 0 aromatic heterocycles. The Morgan fingerprint density at radius 1 is 1.15 bits per heavy atom. The van der Waals surface area contributed by atoms with Crippen molar-refractivity contribution in [2.75, 3.05) is 6.54 Å². The molecule has 1 heterocycles. The van der Waals surface area contributed by atoms with Gasteiger partial charge in [-0.2, -0.15) is 13.0 Å². The lowest BCUT2D eigenvalue weighted by Gasteiger charge is -2.21. The smallest absolute Gasteiger partial charge is 0.282 e. The molecular formula is C21H28NO3S+. The van der Waals surface area contributed by atoms with Gasteiger partial charge in [0.1, 0.15) is 6.54 Å². The third kappa shape index (κ3) is 2.97. The first-order chi connectivity index (χ1) is 12.1. The molecule has 0 fully saturated rings. The maximum atomic E-state index is 11.5. The molecule has 0 amide bonds. The third-order valence-electron chi connectivity index (χ3n) is 5.40. The molecule has 0 spiro atoms. The summed E-state index contributed by atoms with van der Waals surface area (Å²) in [5, 5.41) is 1.89. The second-order valence-corrected chi connectivity index (χ2v) is 9.41. The highest BCUT2D eigenvalue weighted by molar-refractivity contribution is 7.85. The van der Waals surface area contributed by atoms with E-state index in [1.807, 2.05) is 12.1 Å². The molecule has 1 aliphatic heterocycles. The van der Waals surface area contributed by atoms with Crippen molar-refractivity contribution < 1.29 is 17.5 Å². The molecule has 3 rings (SSSR count). The van der Waals surface area contributed by atoms with Crippen LogP contribution in [0.5, 0.6) is 0 Å². The second-order valence-electron chi connectivity index (χ2n) is 7.99. The van der Waals surface area contributed by atoms with Gasteiger partial charge in [0.05, 0.1) is 10.3 Å². The number of hydrogen-bond donors (Lipinski definition) is 1. The Morgan fingerprint density at radius 2 is 1.85 bits per heavy atom. The number of nitrogens with zero attached hydrogens (tertiary/aromatic N) is 1. The van der Waals surface area contributed by atoms with E-state index in [4.69, 9.17) is 0 Å². The summed E-state index contributed by atoms with van der Waals surface area (Å²) in [6.45, 7) is 12.2. The van der Waals surface area contributed by atoms with E-state index in [9.17, 15) is 13.0 Å². The SMILES string of the molecule is CCCC[N+]1=C(C(C)C)C(C)(C)c2c1ccc1cc(S(=O)(=O)O)ccc21. The summed E-state index contributed by atoms with van der Waals surface area (Å²) in [7, 11) is -4.20. The minimum absolute atomic E-state index is 0.0587. The molecule has 140 valence electrons. The molecule has 2 aromatic rings. The number of rotatable bonds is 5. The van der Waals surface area contributed by atoms with Gasteiger partial charge in [-0.25, -0.2) is 0 Å². The van der Waals surface area contributed by atoms with Crippen molar-refractivity contribution in [2.24, 2.45) is 5.92 Å². The van der Waals surface area contributed by atoms with Gasteiger partial charge >= 0.3 is 0 Å². The Balaban J connectivity index is 2.28. The normalized spacial score (nSPS) is 16.6. The highest BCUT2D eigenvalue weighted by atomic mass is 32.2. The van der Waals surface area contributed by atoms with E-state index < -0.39 is 10.1 Å². The van der Waals surface area contributed by atoms with Crippen LogP contribution in [0.25, 0.3) is 10.8 Å². The average Bonchev–Trinajstić information content (AvgIpc) is 2.78. The van der Waals surface area contributed by atoms with Crippen LogP contribution in [0.3, 0.4) is 0 Å². The fourth-order valence-electron chi connectivity index (χ4n) is 4.52. The number of hydrogen-bond acceptors (Lipinski definition) is 2. The quantitative estimate of drug-likeness (QED) is 0.597. The molecule has 0 unspecified atom stereocenters. The first-order valence-corrected chi connectivity index (χ1v) is 10.7.